The van der Waals surface area contributed by atoms with Crippen LogP contribution < -0.4 is 16.4 Å². The number of nitrogens with two attached hydrogens (primary N) is 1. The molecule has 0 saturated heterocycles. The van der Waals surface area contributed by atoms with Crippen LogP contribution in [-0.2, 0) is 42.0 Å². The van der Waals surface area contributed by atoms with Crippen molar-refractivity contribution in [2.75, 3.05) is 0 Å². The zero-order valence-corrected chi connectivity index (χ0v) is 25.4. The molecule has 3 rings (SSSR count). The van der Waals surface area contributed by atoms with Crippen LogP contribution >= 0.6 is 0 Å². The Morgan fingerprint density at radius 2 is 1.40 bits per heavy atom. The molecule has 12 heteroatoms. The molecule has 1 heterocycles. The minimum absolute atomic E-state index is 0.00465. The molecule has 1 aliphatic heterocycles. The number of rotatable bonds is 9. The second-order valence-electron chi connectivity index (χ2n) is 12.0. The fourth-order valence-corrected chi connectivity index (χ4v) is 6.32. The fourth-order valence-electron chi connectivity index (χ4n) is 4.43. The molecule has 2 aromatic rings. The second kappa shape index (κ2) is 12.4. The van der Waals surface area contributed by atoms with Crippen LogP contribution in [0.2, 0.25) is 0 Å². The molecule has 4 N–H and O–H groups in total. The van der Waals surface area contributed by atoms with Gasteiger partial charge in [-0.1, -0.05) is 54.6 Å². The average Bonchev–Trinajstić information content (AvgIpc) is 3.11. The Labute approximate surface area is 246 Å². The van der Waals surface area contributed by atoms with Gasteiger partial charge in [0.15, 0.2) is 0 Å². The lowest BCUT2D eigenvalue weighted by molar-refractivity contribution is -0.128. The summed E-state index contributed by atoms with van der Waals surface area (Å²) in [5.41, 5.74) is 5.56. The van der Waals surface area contributed by atoms with E-state index in [1.54, 1.807) is 77.9 Å². The van der Waals surface area contributed by atoms with Crippen molar-refractivity contribution in [1.82, 2.24) is 14.9 Å². The maximum Gasteiger partial charge on any atom is 0.408 e. The number of nitrogens with zero attached hydrogens (tertiary/aromatic N) is 1. The van der Waals surface area contributed by atoms with Crippen molar-refractivity contribution in [3.63, 3.8) is 0 Å². The van der Waals surface area contributed by atoms with Crippen LogP contribution in [0.1, 0.15) is 58.2 Å². The number of primary amides is 1. The Morgan fingerprint density at radius 3 is 1.90 bits per heavy atom. The Morgan fingerprint density at radius 1 is 0.857 bits per heavy atom. The first-order chi connectivity index (χ1) is 19.4. The fraction of sp³-hybridized carbons (Fsp3) is 0.400. The number of benzene rings is 2. The van der Waals surface area contributed by atoms with Crippen LogP contribution in [0.5, 0.6) is 0 Å². The lowest BCUT2D eigenvalue weighted by Crippen LogP contribution is -2.54. The van der Waals surface area contributed by atoms with Crippen LogP contribution in [0.3, 0.4) is 0 Å². The second-order valence-corrected chi connectivity index (χ2v) is 13.8. The van der Waals surface area contributed by atoms with Crippen LogP contribution in [0.15, 0.2) is 60.7 Å². The summed E-state index contributed by atoms with van der Waals surface area (Å²) >= 11 is 0. The minimum atomic E-state index is -4.04. The van der Waals surface area contributed by atoms with E-state index in [0.29, 0.717) is 11.1 Å². The van der Waals surface area contributed by atoms with Crippen molar-refractivity contribution >= 4 is 38.7 Å². The summed E-state index contributed by atoms with van der Waals surface area (Å²) in [6.45, 7) is 10.00. The number of carbonyl (C=O) groups excluding carboxylic acids is 4. The molecule has 4 amide bonds. The van der Waals surface area contributed by atoms with E-state index in [0.717, 1.165) is 15.9 Å². The van der Waals surface area contributed by atoms with Gasteiger partial charge in [0.2, 0.25) is 11.8 Å². The van der Waals surface area contributed by atoms with Crippen molar-refractivity contribution in [3.05, 3.63) is 77.4 Å². The van der Waals surface area contributed by atoms with Crippen molar-refractivity contribution in [2.24, 2.45) is 5.73 Å². The summed E-state index contributed by atoms with van der Waals surface area (Å²) in [7, 11) is -4.04. The van der Waals surface area contributed by atoms with Crippen molar-refractivity contribution < 1.29 is 32.3 Å². The molecule has 2 atom stereocenters. The quantitative estimate of drug-likeness (QED) is 0.399. The van der Waals surface area contributed by atoms with Gasteiger partial charge >= 0.3 is 6.09 Å². The molecule has 0 bridgehead atoms. The molecule has 226 valence electrons. The van der Waals surface area contributed by atoms with Crippen molar-refractivity contribution in [1.29, 1.82) is 0 Å². The average molecular weight is 599 g/mol. The zero-order valence-electron chi connectivity index (χ0n) is 24.6. The summed E-state index contributed by atoms with van der Waals surface area (Å²) in [6, 6.07) is 13.1. The first-order valence-corrected chi connectivity index (χ1v) is 14.9. The lowest BCUT2D eigenvalue weighted by Gasteiger charge is -2.30. The third kappa shape index (κ3) is 8.19. The number of amides is 4. The van der Waals surface area contributed by atoms with E-state index in [2.05, 4.69) is 10.6 Å². The van der Waals surface area contributed by atoms with Gasteiger partial charge in [-0.25, -0.2) is 17.5 Å². The predicted octanol–water partition coefficient (Wildman–Crippen LogP) is 2.65. The van der Waals surface area contributed by atoms with Crippen LogP contribution in [0, 0.1) is 0 Å². The summed E-state index contributed by atoms with van der Waals surface area (Å²) in [6.07, 6.45) is 0.446. The minimum Gasteiger partial charge on any atom is -0.444 e. The van der Waals surface area contributed by atoms with Gasteiger partial charge in [0.05, 0.1) is 5.54 Å². The molecule has 1 aliphatic rings. The van der Waals surface area contributed by atoms with E-state index >= 15 is 0 Å². The van der Waals surface area contributed by atoms with E-state index in [9.17, 15) is 27.6 Å². The standard InChI is InChI=1S/C30H38N4O7S/c1-29(2,3)34-25(35)18-24(42(34,39)40)21-14-12-20(13-15-21)16-22(26(31)36)32-27(37)23(17-19-10-8-7-9-11-19)33-28(38)41-30(4,5)6/h7-15,18,22-23H,16-17H2,1-6H3,(H2,31,36)(H,32,37)(H,33,38)/t22-,23-/m0/s1. The largest absolute Gasteiger partial charge is 0.444 e. The topological polar surface area (TPSA) is 165 Å². The highest BCUT2D eigenvalue weighted by Crippen LogP contribution is 2.35. The smallest absolute Gasteiger partial charge is 0.408 e. The molecule has 0 saturated carbocycles. The van der Waals surface area contributed by atoms with Gasteiger partial charge < -0.3 is 21.1 Å². The van der Waals surface area contributed by atoms with Crippen LogP contribution in [0.4, 0.5) is 4.79 Å². The normalized spacial score (nSPS) is 16.3. The number of alkyl carbamates (subject to hydrolysis) is 1. The van der Waals surface area contributed by atoms with Gasteiger partial charge in [0.1, 0.15) is 22.6 Å². The molecular formula is C30H38N4O7S. The highest BCUT2D eigenvalue weighted by atomic mass is 32.2. The zero-order chi connectivity index (χ0) is 31.5. The highest BCUT2D eigenvalue weighted by Gasteiger charge is 2.44. The Balaban J connectivity index is 1.77. The molecule has 42 heavy (non-hydrogen) atoms. The van der Waals surface area contributed by atoms with Gasteiger partial charge in [-0.15, -0.1) is 0 Å². The number of sulfonamides is 1. The van der Waals surface area contributed by atoms with E-state index in [1.807, 2.05) is 6.07 Å². The van der Waals surface area contributed by atoms with Crippen molar-refractivity contribution in [3.8, 4) is 0 Å². The number of carbonyl (C=O) groups is 4. The molecule has 0 radical (unpaired) electrons. The van der Waals surface area contributed by atoms with E-state index < -0.39 is 57.1 Å². The molecule has 0 aliphatic carbocycles. The first kappa shape index (κ1) is 32.3. The number of ether oxygens (including phenoxy) is 1. The number of nitrogens with one attached hydrogen (secondary N) is 2. The summed E-state index contributed by atoms with van der Waals surface area (Å²) in [5.74, 6) is -2.05. The third-order valence-corrected chi connectivity index (χ3v) is 8.33. The Bertz CT molecular complexity index is 1470. The summed E-state index contributed by atoms with van der Waals surface area (Å²) < 4.78 is 32.3. The highest BCUT2D eigenvalue weighted by molar-refractivity contribution is 7.99. The van der Waals surface area contributed by atoms with Gasteiger partial charge in [-0.05, 0) is 58.2 Å². The molecule has 11 nitrogen and oxygen atoms in total. The molecule has 2 aromatic carbocycles. The summed E-state index contributed by atoms with van der Waals surface area (Å²) in [5, 5.41) is 5.20. The van der Waals surface area contributed by atoms with Crippen molar-refractivity contribution in [2.45, 2.75) is 77.6 Å². The summed E-state index contributed by atoms with van der Waals surface area (Å²) in [4.78, 5) is 50.4. The maximum atomic E-state index is 13.3. The first-order valence-electron chi connectivity index (χ1n) is 13.4. The van der Waals surface area contributed by atoms with Gasteiger partial charge in [-0.2, -0.15) is 0 Å². The molecule has 0 aromatic heterocycles. The van der Waals surface area contributed by atoms with Gasteiger partial charge in [-0.3, -0.25) is 14.4 Å². The Hall–Kier alpha value is -4.19. The van der Waals surface area contributed by atoms with Crippen LogP contribution in [-0.4, -0.2) is 59.8 Å². The number of hydrogen-bond donors (Lipinski definition) is 3. The van der Waals surface area contributed by atoms with E-state index in [4.69, 9.17) is 10.5 Å². The van der Waals surface area contributed by atoms with Gasteiger partial charge in [0, 0.05) is 18.9 Å². The Kier molecular flexibility index (Phi) is 9.51. The van der Waals surface area contributed by atoms with Crippen LogP contribution in [0.25, 0.3) is 4.91 Å². The number of hydrogen-bond acceptors (Lipinski definition) is 7. The molecule has 0 fully saturated rings. The molecular weight excluding hydrogens is 560 g/mol. The molecule has 0 spiro atoms. The van der Waals surface area contributed by atoms with E-state index in [1.165, 1.54) is 12.1 Å². The lowest BCUT2D eigenvalue weighted by atomic mass is 10.0. The predicted molar refractivity (Wildman–Crippen MR) is 158 cm³/mol. The third-order valence-electron chi connectivity index (χ3n) is 6.21. The maximum absolute atomic E-state index is 13.3. The molecule has 0 unspecified atom stereocenters. The monoisotopic (exact) mass is 598 g/mol. The van der Waals surface area contributed by atoms with Gasteiger partial charge in [0.25, 0.3) is 15.9 Å². The SMILES string of the molecule is CC(C)(C)OC(=O)N[C@@H](Cc1ccccc1)C(=O)N[C@@H](Cc1ccc(C2=CC(=O)N(C(C)(C)C)S2(=O)=O)cc1)C(N)=O. The van der Waals surface area contributed by atoms with E-state index in [-0.39, 0.29) is 17.7 Å².